The maximum absolute atomic E-state index is 4.62. The van der Waals surface area contributed by atoms with Gasteiger partial charge in [0.2, 0.25) is 0 Å². The second-order valence-corrected chi connectivity index (χ2v) is 10.4. The predicted octanol–water partition coefficient (Wildman–Crippen LogP) is 6.00. The van der Waals surface area contributed by atoms with Crippen LogP contribution in [-0.4, -0.2) is 23.5 Å². The van der Waals surface area contributed by atoms with E-state index in [4.69, 9.17) is 0 Å². The van der Waals surface area contributed by atoms with E-state index < -0.39 is 7.26 Å². The highest BCUT2D eigenvalue weighted by molar-refractivity contribution is 7.75. The summed E-state index contributed by atoms with van der Waals surface area (Å²) in [6, 6.07) is 6.42. The van der Waals surface area contributed by atoms with E-state index in [2.05, 4.69) is 37.9 Å². The van der Waals surface area contributed by atoms with E-state index in [-0.39, 0.29) is 0 Å². The van der Waals surface area contributed by atoms with Crippen LogP contribution in [0.5, 0.6) is 0 Å². The average molecular weight is 294 g/mol. The van der Waals surface area contributed by atoms with Crippen molar-refractivity contribution in [3.05, 3.63) is 30.1 Å². The molecule has 0 atom stereocenters. The van der Waals surface area contributed by atoms with E-state index in [1.165, 1.54) is 68.9 Å². The molecule has 0 aromatic carbocycles. The summed E-state index contributed by atoms with van der Waals surface area (Å²) in [6.45, 7) is 6.99. The molecule has 0 N–H and O–H groups in total. The Morgan fingerprint density at radius 3 is 1.80 bits per heavy atom. The van der Waals surface area contributed by atoms with E-state index in [1.807, 2.05) is 12.3 Å². The van der Waals surface area contributed by atoms with Crippen molar-refractivity contribution in [2.45, 2.75) is 65.5 Å². The van der Waals surface area contributed by atoms with Crippen LogP contribution in [-0.2, 0) is 6.16 Å². The number of pyridine rings is 1. The van der Waals surface area contributed by atoms with Crippen LogP contribution in [0.1, 0.15) is 65.0 Å². The molecular weight excluding hydrogens is 261 g/mol. The summed E-state index contributed by atoms with van der Waals surface area (Å²) in [5.41, 5.74) is 1.34. The minimum atomic E-state index is -0.830. The quantitative estimate of drug-likeness (QED) is 0.456. The highest BCUT2D eigenvalue weighted by Crippen LogP contribution is 2.63. The van der Waals surface area contributed by atoms with Crippen molar-refractivity contribution in [3.63, 3.8) is 0 Å². The second-order valence-electron chi connectivity index (χ2n) is 6.05. The van der Waals surface area contributed by atoms with E-state index in [0.717, 1.165) is 0 Å². The number of hydrogen-bond acceptors (Lipinski definition) is 1. The minimum Gasteiger partial charge on any atom is -0.257 e. The molecule has 0 aliphatic carbocycles. The van der Waals surface area contributed by atoms with Crippen molar-refractivity contribution in [1.29, 1.82) is 0 Å². The molecular formula is C18H33NP+. The largest absolute Gasteiger partial charge is 0.257 e. The summed E-state index contributed by atoms with van der Waals surface area (Å²) in [4.78, 5) is 4.62. The molecule has 0 unspecified atom stereocenters. The van der Waals surface area contributed by atoms with Gasteiger partial charge in [-0.1, -0.05) is 46.1 Å². The molecule has 0 aliphatic rings. The van der Waals surface area contributed by atoms with Crippen molar-refractivity contribution in [2.24, 2.45) is 0 Å². The zero-order chi connectivity index (χ0) is 14.7. The second kappa shape index (κ2) is 10.3. The first-order valence-electron chi connectivity index (χ1n) is 8.51. The number of unbranched alkanes of at least 4 members (excludes halogenated alkanes) is 3. The first kappa shape index (κ1) is 17.6. The van der Waals surface area contributed by atoms with Crippen molar-refractivity contribution >= 4 is 7.26 Å². The summed E-state index contributed by atoms with van der Waals surface area (Å²) in [5.74, 6) is 0. The third-order valence-electron chi connectivity index (χ3n) is 4.18. The molecule has 1 nitrogen and oxygen atoms in total. The molecule has 0 aliphatic heterocycles. The number of hydrogen-bond donors (Lipinski definition) is 0. The molecule has 1 rings (SSSR count). The maximum Gasteiger partial charge on any atom is 0.101 e. The Bertz CT molecular complexity index is 315. The zero-order valence-electron chi connectivity index (χ0n) is 13.8. The molecule has 1 aromatic heterocycles. The fourth-order valence-corrected chi connectivity index (χ4v) is 7.87. The van der Waals surface area contributed by atoms with Crippen LogP contribution in [0.3, 0.4) is 0 Å². The van der Waals surface area contributed by atoms with Gasteiger partial charge in [0.15, 0.2) is 0 Å². The lowest BCUT2D eigenvalue weighted by molar-refractivity contribution is 0.830. The van der Waals surface area contributed by atoms with Gasteiger partial charge in [0.05, 0.1) is 24.2 Å². The van der Waals surface area contributed by atoms with Crippen LogP contribution in [0.25, 0.3) is 0 Å². The SMILES string of the molecule is CCCC[P+](CCCC)(CCCC)Cc1ccccn1. The molecule has 1 aromatic rings. The lowest BCUT2D eigenvalue weighted by Gasteiger charge is -2.27. The molecule has 0 spiro atoms. The molecule has 114 valence electrons. The molecule has 0 fully saturated rings. The summed E-state index contributed by atoms with van der Waals surface area (Å²) >= 11 is 0. The Morgan fingerprint density at radius 1 is 0.850 bits per heavy atom. The van der Waals surface area contributed by atoms with Gasteiger partial charge in [-0.2, -0.15) is 0 Å². The molecule has 1 heterocycles. The van der Waals surface area contributed by atoms with Crippen molar-refractivity contribution in [3.8, 4) is 0 Å². The van der Waals surface area contributed by atoms with Gasteiger partial charge in [0.1, 0.15) is 6.16 Å². The third kappa shape index (κ3) is 6.35. The van der Waals surface area contributed by atoms with Crippen molar-refractivity contribution in [1.82, 2.24) is 4.98 Å². The van der Waals surface area contributed by atoms with Crippen molar-refractivity contribution < 1.29 is 0 Å². The van der Waals surface area contributed by atoms with Gasteiger partial charge in [-0.25, -0.2) is 0 Å². The summed E-state index contributed by atoms with van der Waals surface area (Å²) in [7, 11) is -0.830. The highest BCUT2D eigenvalue weighted by atomic mass is 31.2. The van der Waals surface area contributed by atoms with Crippen LogP contribution in [0.2, 0.25) is 0 Å². The van der Waals surface area contributed by atoms with Gasteiger partial charge in [-0.3, -0.25) is 4.98 Å². The van der Waals surface area contributed by atoms with Crippen LogP contribution in [0.4, 0.5) is 0 Å². The van der Waals surface area contributed by atoms with E-state index in [9.17, 15) is 0 Å². The average Bonchev–Trinajstić information content (AvgIpc) is 2.49. The number of aromatic nitrogens is 1. The van der Waals surface area contributed by atoms with E-state index in [1.54, 1.807) is 0 Å². The number of rotatable bonds is 11. The van der Waals surface area contributed by atoms with E-state index >= 15 is 0 Å². The molecule has 0 radical (unpaired) electrons. The number of nitrogens with zero attached hydrogens (tertiary/aromatic N) is 1. The predicted molar refractivity (Wildman–Crippen MR) is 94.2 cm³/mol. The Balaban J connectivity index is 2.81. The summed E-state index contributed by atoms with van der Waals surface area (Å²) in [6.07, 6.45) is 15.9. The molecule has 2 heteroatoms. The molecule has 0 saturated heterocycles. The Hall–Kier alpha value is -0.420. The zero-order valence-corrected chi connectivity index (χ0v) is 14.7. The molecule has 0 saturated carbocycles. The monoisotopic (exact) mass is 294 g/mol. The van der Waals surface area contributed by atoms with Gasteiger partial charge in [-0.15, -0.1) is 0 Å². The van der Waals surface area contributed by atoms with Crippen molar-refractivity contribution in [2.75, 3.05) is 18.5 Å². The minimum absolute atomic E-state index is 0.830. The Morgan fingerprint density at radius 2 is 1.40 bits per heavy atom. The Labute approximate surface area is 126 Å². The van der Waals surface area contributed by atoms with Crippen LogP contribution in [0, 0.1) is 0 Å². The maximum atomic E-state index is 4.62. The van der Waals surface area contributed by atoms with Crippen LogP contribution in [0.15, 0.2) is 24.4 Å². The lowest BCUT2D eigenvalue weighted by Crippen LogP contribution is -2.12. The normalized spacial score (nSPS) is 11.8. The smallest absolute Gasteiger partial charge is 0.101 e. The molecule has 0 bridgehead atoms. The van der Waals surface area contributed by atoms with E-state index in [0.29, 0.717) is 0 Å². The fraction of sp³-hybridized carbons (Fsp3) is 0.722. The van der Waals surface area contributed by atoms with Gasteiger partial charge >= 0.3 is 0 Å². The highest BCUT2D eigenvalue weighted by Gasteiger charge is 2.35. The Kier molecular flexibility index (Phi) is 9.10. The van der Waals surface area contributed by atoms with Gasteiger partial charge in [-0.05, 0) is 31.4 Å². The standard InChI is InChI=1S/C18H33NP/c1-4-7-14-20(15-8-5-2,16-9-6-3)17-18-12-10-11-13-19-18/h10-13H,4-9,14-17H2,1-3H3/q+1. The van der Waals surface area contributed by atoms with Gasteiger partial charge in [0.25, 0.3) is 0 Å². The fourth-order valence-electron chi connectivity index (χ4n) is 2.89. The first-order chi connectivity index (χ1) is 9.76. The molecule has 20 heavy (non-hydrogen) atoms. The van der Waals surface area contributed by atoms with Crippen LogP contribution >= 0.6 is 7.26 Å². The third-order valence-corrected chi connectivity index (χ3v) is 8.97. The summed E-state index contributed by atoms with van der Waals surface area (Å²) in [5, 5.41) is 0. The topological polar surface area (TPSA) is 12.9 Å². The van der Waals surface area contributed by atoms with Gasteiger partial charge < -0.3 is 0 Å². The molecule has 0 amide bonds. The lowest BCUT2D eigenvalue weighted by atomic mass is 10.4. The summed E-state index contributed by atoms with van der Waals surface area (Å²) < 4.78 is 0. The first-order valence-corrected chi connectivity index (χ1v) is 11.0. The van der Waals surface area contributed by atoms with Gasteiger partial charge in [0, 0.05) is 13.5 Å². The van der Waals surface area contributed by atoms with Crippen LogP contribution < -0.4 is 0 Å².